The minimum absolute atomic E-state index is 0.103. The van der Waals surface area contributed by atoms with Crippen molar-refractivity contribution in [3.8, 4) is 0 Å². The van der Waals surface area contributed by atoms with Gasteiger partial charge in [0.1, 0.15) is 5.84 Å². The van der Waals surface area contributed by atoms with Gasteiger partial charge >= 0.3 is 0 Å². The molecule has 0 spiro atoms. The van der Waals surface area contributed by atoms with Crippen LogP contribution in [0.25, 0.3) is 0 Å². The first-order valence-corrected chi connectivity index (χ1v) is 6.94. The smallest absolute Gasteiger partial charge is 0.257 e. The van der Waals surface area contributed by atoms with Crippen LogP contribution in [0.2, 0.25) is 0 Å². The Morgan fingerprint density at radius 2 is 1.65 bits per heavy atom. The number of hydrogen-bond donors (Lipinski definition) is 7. The number of hydrogen-bond acceptors (Lipinski definition) is 5. The maximum Gasteiger partial charge on any atom is 0.257 e. The van der Waals surface area contributed by atoms with Crippen molar-refractivity contribution in [3.63, 3.8) is 0 Å². The molecule has 0 aliphatic rings. The number of carbonyl (C=O) groups excluding carboxylic acids is 2. The van der Waals surface area contributed by atoms with Crippen LogP contribution in [0, 0.1) is 10.8 Å². The van der Waals surface area contributed by atoms with Crippen LogP contribution in [0.15, 0.2) is 24.3 Å². The Morgan fingerprint density at radius 3 is 2.17 bits per heavy atom. The number of nitrogens with two attached hydrogens (primary N) is 3. The third-order valence-corrected chi connectivity index (χ3v) is 3.04. The van der Waals surface area contributed by atoms with Gasteiger partial charge in [-0.1, -0.05) is 12.1 Å². The molecule has 0 saturated heterocycles. The van der Waals surface area contributed by atoms with E-state index < -0.39 is 17.9 Å². The van der Waals surface area contributed by atoms with Gasteiger partial charge in [-0.15, -0.1) is 0 Å². The van der Waals surface area contributed by atoms with Gasteiger partial charge in [0.2, 0.25) is 5.91 Å². The molecular formula is C14H21N7O2. The Bertz CT molecular complexity index is 598. The lowest BCUT2D eigenvalue weighted by atomic mass is 10.1. The van der Waals surface area contributed by atoms with Gasteiger partial charge in [0.05, 0.1) is 6.04 Å². The minimum atomic E-state index is -0.829. The summed E-state index contributed by atoms with van der Waals surface area (Å²) < 4.78 is 0. The van der Waals surface area contributed by atoms with E-state index in [4.69, 9.17) is 28.0 Å². The van der Waals surface area contributed by atoms with Gasteiger partial charge < -0.3 is 22.5 Å². The summed E-state index contributed by atoms with van der Waals surface area (Å²) in [6.07, 6.45) is 0.887. The van der Waals surface area contributed by atoms with E-state index in [1.807, 2.05) is 0 Å². The summed E-state index contributed by atoms with van der Waals surface area (Å²) in [5.41, 5.74) is 16.9. The number of nitrogens with one attached hydrogen (secondary N) is 4. The number of amidine groups is 1. The average Bonchev–Trinajstić information content (AvgIpc) is 2.51. The minimum Gasteiger partial charge on any atom is -0.384 e. The monoisotopic (exact) mass is 319 g/mol. The molecule has 0 radical (unpaired) electrons. The molecule has 0 saturated carbocycles. The van der Waals surface area contributed by atoms with Crippen LogP contribution in [-0.4, -0.2) is 36.2 Å². The maximum absolute atomic E-state index is 11.9. The molecule has 9 nitrogen and oxygen atoms in total. The van der Waals surface area contributed by atoms with Gasteiger partial charge in [-0.05, 0) is 25.0 Å². The van der Waals surface area contributed by atoms with E-state index in [-0.39, 0.29) is 17.4 Å². The van der Waals surface area contributed by atoms with Crippen LogP contribution < -0.4 is 27.8 Å². The molecule has 0 aliphatic heterocycles. The summed E-state index contributed by atoms with van der Waals surface area (Å²) in [5, 5.41) is 19.1. The third kappa shape index (κ3) is 6.14. The van der Waals surface area contributed by atoms with Gasteiger partial charge in [-0.2, -0.15) is 0 Å². The Morgan fingerprint density at radius 1 is 1.09 bits per heavy atom. The van der Waals surface area contributed by atoms with E-state index in [0.717, 1.165) is 0 Å². The predicted molar refractivity (Wildman–Crippen MR) is 87.1 cm³/mol. The van der Waals surface area contributed by atoms with Crippen LogP contribution in [0.4, 0.5) is 0 Å². The highest BCUT2D eigenvalue weighted by molar-refractivity contribution is 6.06. The van der Waals surface area contributed by atoms with E-state index in [2.05, 4.69) is 10.6 Å². The Balaban J connectivity index is 2.47. The highest BCUT2D eigenvalue weighted by atomic mass is 16.2. The number of carbonyl (C=O) groups is 2. The first kappa shape index (κ1) is 18.1. The third-order valence-electron chi connectivity index (χ3n) is 3.04. The lowest BCUT2D eigenvalue weighted by molar-refractivity contribution is -0.121. The van der Waals surface area contributed by atoms with Crippen LogP contribution in [0.3, 0.4) is 0 Å². The van der Waals surface area contributed by atoms with E-state index in [0.29, 0.717) is 24.9 Å². The van der Waals surface area contributed by atoms with Crippen LogP contribution in [0.5, 0.6) is 0 Å². The molecular weight excluding hydrogens is 298 g/mol. The fourth-order valence-electron chi connectivity index (χ4n) is 1.75. The normalized spacial score (nSPS) is 11.3. The first-order chi connectivity index (χ1) is 10.8. The van der Waals surface area contributed by atoms with Gasteiger partial charge in [0.25, 0.3) is 5.91 Å². The summed E-state index contributed by atoms with van der Waals surface area (Å²) in [5.74, 6) is -1.39. The standard InChI is InChI=1S/C14H21N7O2/c15-10(2-1-7-20-14(18)19)13(23)21-12(22)9-5-3-8(4-6-9)11(16)17/h3-6,10H,1-2,7,15H2,(H3,16,17)(H4,18,19,20)(H,21,22,23)/t10-/m0/s1. The molecule has 0 heterocycles. The fourth-order valence-corrected chi connectivity index (χ4v) is 1.75. The maximum atomic E-state index is 11.9. The number of imide groups is 1. The molecule has 9 heteroatoms. The van der Waals surface area contributed by atoms with Gasteiger partial charge in [0.15, 0.2) is 5.96 Å². The van der Waals surface area contributed by atoms with Crippen molar-refractivity contribution in [2.75, 3.05) is 6.54 Å². The lowest BCUT2D eigenvalue weighted by Gasteiger charge is -2.12. The highest BCUT2D eigenvalue weighted by Crippen LogP contribution is 2.04. The number of rotatable bonds is 7. The highest BCUT2D eigenvalue weighted by Gasteiger charge is 2.17. The largest absolute Gasteiger partial charge is 0.384 e. The molecule has 0 aliphatic carbocycles. The molecule has 0 fully saturated rings. The first-order valence-electron chi connectivity index (χ1n) is 6.94. The van der Waals surface area contributed by atoms with Crippen molar-refractivity contribution in [1.82, 2.24) is 10.6 Å². The van der Waals surface area contributed by atoms with Gasteiger partial charge in [0, 0.05) is 17.7 Å². The molecule has 0 unspecified atom stereocenters. The predicted octanol–water partition coefficient (Wildman–Crippen LogP) is -1.18. The van der Waals surface area contributed by atoms with E-state index >= 15 is 0 Å². The van der Waals surface area contributed by atoms with E-state index in [1.54, 1.807) is 0 Å². The molecule has 1 atom stereocenters. The quantitative estimate of drug-likeness (QED) is 0.188. The van der Waals surface area contributed by atoms with Crippen LogP contribution >= 0.6 is 0 Å². The Kier molecular flexibility index (Phi) is 6.68. The van der Waals surface area contributed by atoms with Gasteiger partial charge in [-0.3, -0.25) is 25.7 Å². The van der Waals surface area contributed by atoms with Crippen molar-refractivity contribution in [2.24, 2.45) is 17.2 Å². The second kappa shape index (κ2) is 8.49. The molecule has 1 aromatic rings. The van der Waals surface area contributed by atoms with Crippen LogP contribution in [0.1, 0.15) is 28.8 Å². The Labute approximate surface area is 133 Å². The molecule has 0 aromatic heterocycles. The topological polar surface area (TPSA) is 184 Å². The second-order valence-corrected chi connectivity index (χ2v) is 4.90. The van der Waals surface area contributed by atoms with Crippen molar-refractivity contribution >= 4 is 23.6 Å². The van der Waals surface area contributed by atoms with Crippen LogP contribution in [-0.2, 0) is 4.79 Å². The molecule has 124 valence electrons. The molecule has 10 N–H and O–H groups in total. The number of amides is 2. The number of benzene rings is 1. The average molecular weight is 319 g/mol. The lowest BCUT2D eigenvalue weighted by Crippen LogP contribution is -2.43. The SMILES string of the molecule is N=C(N)NCCC[C@H](N)C(=O)NC(=O)c1ccc(C(=N)N)cc1. The number of guanidine groups is 1. The fraction of sp³-hybridized carbons (Fsp3) is 0.286. The van der Waals surface area contributed by atoms with Gasteiger partial charge in [-0.25, -0.2) is 0 Å². The van der Waals surface area contributed by atoms with Crippen molar-refractivity contribution in [3.05, 3.63) is 35.4 Å². The second-order valence-electron chi connectivity index (χ2n) is 4.90. The van der Waals surface area contributed by atoms with E-state index in [1.165, 1.54) is 24.3 Å². The van der Waals surface area contributed by atoms with E-state index in [9.17, 15) is 9.59 Å². The molecule has 0 bridgehead atoms. The van der Waals surface area contributed by atoms with Crippen molar-refractivity contribution < 1.29 is 9.59 Å². The molecule has 1 rings (SSSR count). The number of nitrogen functional groups attached to an aromatic ring is 1. The summed E-state index contributed by atoms with van der Waals surface area (Å²) in [6.45, 7) is 0.427. The summed E-state index contributed by atoms with van der Waals surface area (Å²) in [4.78, 5) is 23.8. The summed E-state index contributed by atoms with van der Waals surface area (Å²) >= 11 is 0. The zero-order chi connectivity index (χ0) is 17.4. The zero-order valence-electron chi connectivity index (χ0n) is 12.6. The summed E-state index contributed by atoms with van der Waals surface area (Å²) in [6, 6.07) is 5.16. The molecule has 1 aromatic carbocycles. The zero-order valence-corrected chi connectivity index (χ0v) is 12.6. The molecule has 2 amide bonds. The van der Waals surface area contributed by atoms with Crippen molar-refractivity contribution in [2.45, 2.75) is 18.9 Å². The Hall–Kier alpha value is -2.94. The summed E-state index contributed by atoms with van der Waals surface area (Å²) in [7, 11) is 0. The molecule has 23 heavy (non-hydrogen) atoms. The van der Waals surface area contributed by atoms with Crippen molar-refractivity contribution in [1.29, 1.82) is 10.8 Å².